The minimum Gasteiger partial charge on any atom is -0.477 e. The van der Waals surface area contributed by atoms with Crippen LogP contribution in [0.25, 0.3) is 11.3 Å². The number of aliphatic imine (C=N–C) groups is 1. The van der Waals surface area contributed by atoms with Crippen LogP contribution in [0.15, 0.2) is 53.7 Å². The van der Waals surface area contributed by atoms with Gasteiger partial charge >= 0.3 is 0 Å². The summed E-state index contributed by atoms with van der Waals surface area (Å²) in [5, 5.41) is 9.72. The molecule has 0 unspecified atom stereocenters. The molecule has 0 aliphatic carbocycles. The number of aryl methyl sites for hydroxylation is 2. The molecule has 2 bridgehead atoms. The normalized spacial score (nSPS) is 20.7. The lowest BCUT2D eigenvalue weighted by Gasteiger charge is -2.37. The zero-order chi connectivity index (χ0) is 45.4. The first-order valence-corrected chi connectivity index (χ1v) is 21.7. The standard InChI is InChI=1S/C46H51F4N9O5/c1-26-6-5-17-64-44-33(23-51-57(44)4)37-21-30(18-27(2)52-37)41(61)55-45-53-36-9-7-29(22-38(36)59(45)24-26)43(63)56(3)25-46(49,50)31-12-15-58(16-13-31)14-11-28-19-34(47)40(35(48)20-28)32-8-10-39(60)54-42(32)62/h7,9,18-23,26,31-32H,5-6,8,10-17,24-25H2,1-4H3,(H,53,55,61)(H,54,60,62)/t26-,32-/m1/s1. The zero-order valence-electron chi connectivity index (χ0n) is 36.2. The summed E-state index contributed by atoms with van der Waals surface area (Å²) in [7, 11) is 3.14. The maximum absolute atomic E-state index is 15.9. The number of benzene rings is 2. The van der Waals surface area contributed by atoms with Gasteiger partial charge in [0.15, 0.2) is 0 Å². The van der Waals surface area contributed by atoms with Crippen molar-refractivity contribution in [3.05, 3.63) is 88.2 Å². The third kappa shape index (κ3) is 9.37. The average molecular weight is 886 g/mol. The Morgan fingerprint density at radius 1 is 1.00 bits per heavy atom. The Balaban J connectivity index is 0.906. The number of rotatable bonds is 8. The number of hydrogen-bond acceptors (Lipinski definition) is 10. The van der Waals surface area contributed by atoms with E-state index in [4.69, 9.17) is 4.74 Å². The van der Waals surface area contributed by atoms with Crippen LogP contribution in [0.2, 0.25) is 0 Å². The highest BCUT2D eigenvalue weighted by atomic mass is 19.3. The molecule has 64 heavy (non-hydrogen) atoms. The quantitative estimate of drug-likeness (QED) is 0.148. The number of nitrogens with zero attached hydrogens (tertiary/aromatic N) is 7. The van der Waals surface area contributed by atoms with E-state index in [2.05, 4.69) is 32.6 Å². The van der Waals surface area contributed by atoms with Crippen molar-refractivity contribution in [3.63, 3.8) is 0 Å². The fraction of sp³-hybridized carbons (Fsp3) is 0.457. The van der Waals surface area contributed by atoms with Gasteiger partial charge in [-0.3, -0.25) is 29.5 Å². The molecule has 338 valence electrons. The molecule has 4 aliphatic heterocycles. The number of carbonyl (C=O) groups is 4. The minimum atomic E-state index is -3.19. The monoisotopic (exact) mass is 885 g/mol. The van der Waals surface area contributed by atoms with Gasteiger partial charge in [0.2, 0.25) is 23.7 Å². The van der Waals surface area contributed by atoms with E-state index in [1.54, 1.807) is 55.2 Å². The van der Waals surface area contributed by atoms with Crippen LogP contribution in [0, 0.1) is 30.4 Å². The van der Waals surface area contributed by atoms with Gasteiger partial charge in [-0.25, -0.2) is 22.2 Å². The molecule has 4 amide bonds. The van der Waals surface area contributed by atoms with Gasteiger partial charge in [0.25, 0.3) is 17.7 Å². The minimum absolute atomic E-state index is 0.00626. The van der Waals surface area contributed by atoms with E-state index in [1.807, 2.05) is 9.80 Å². The summed E-state index contributed by atoms with van der Waals surface area (Å²) in [6.07, 6.45) is 3.77. The molecule has 0 saturated carbocycles. The molecule has 2 fully saturated rings. The largest absolute Gasteiger partial charge is 0.477 e. The highest BCUT2D eigenvalue weighted by molar-refractivity contribution is 6.19. The molecule has 14 nitrogen and oxygen atoms in total. The SMILES string of the molecule is Cc1cc2cc(n1)-c1cnn(C)c1OCCC[C@@H](C)CN1/C(=N/C2=O)Nc2ccc(C(=O)N(C)CC(F)(F)C3CCN(CCc4cc(F)c([C@H]5CCC(=O)NC5=O)c(F)c4)CC3)cc21. The summed E-state index contributed by atoms with van der Waals surface area (Å²) < 4.78 is 69.8. The summed E-state index contributed by atoms with van der Waals surface area (Å²) in [4.78, 5) is 65.4. The van der Waals surface area contributed by atoms with Gasteiger partial charge in [-0.2, -0.15) is 10.1 Å². The number of halogens is 4. The second-order valence-electron chi connectivity index (χ2n) is 17.4. The number of hydrogen-bond donors (Lipinski definition) is 2. The molecule has 2 aromatic heterocycles. The van der Waals surface area contributed by atoms with E-state index >= 15 is 17.6 Å². The number of anilines is 2. The number of likely N-dealkylation sites (tertiary alicyclic amines) is 1. The van der Waals surface area contributed by atoms with Gasteiger partial charge in [-0.05, 0) is 112 Å². The highest BCUT2D eigenvalue weighted by Crippen LogP contribution is 2.38. The Hall–Kier alpha value is -6.17. The number of alkyl halides is 2. The molecular formula is C46H51F4N9O5. The molecule has 2 saturated heterocycles. The highest BCUT2D eigenvalue weighted by Gasteiger charge is 2.43. The van der Waals surface area contributed by atoms with Crippen molar-refractivity contribution in [3.8, 4) is 17.1 Å². The Kier molecular flexibility index (Phi) is 12.6. The van der Waals surface area contributed by atoms with Gasteiger partial charge < -0.3 is 24.8 Å². The number of amides is 4. The fourth-order valence-corrected chi connectivity index (χ4v) is 9.12. The number of aromatic nitrogens is 3. The van der Waals surface area contributed by atoms with E-state index < -0.39 is 59.6 Å². The van der Waals surface area contributed by atoms with Gasteiger partial charge in [0.1, 0.15) is 11.6 Å². The van der Waals surface area contributed by atoms with Crippen LogP contribution in [0.3, 0.4) is 0 Å². The predicted molar refractivity (Wildman–Crippen MR) is 231 cm³/mol. The van der Waals surface area contributed by atoms with E-state index in [-0.39, 0.29) is 55.1 Å². The van der Waals surface area contributed by atoms with Crippen LogP contribution in [0.5, 0.6) is 5.88 Å². The lowest BCUT2D eigenvalue weighted by atomic mass is 9.88. The number of nitrogens with one attached hydrogen (secondary N) is 2. The molecule has 0 radical (unpaired) electrons. The first-order chi connectivity index (χ1) is 30.5. The van der Waals surface area contributed by atoms with Crippen LogP contribution >= 0.6 is 0 Å². The van der Waals surface area contributed by atoms with Crippen molar-refractivity contribution < 1.29 is 41.5 Å². The van der Waals surface area contributed by atoms with Crippen LogP contribution in [-0.4, -0.2) is 106 Å². The third-order valence-corrected chi connectivity index (χ3v) is 12.6. The summed E-state index contributed by atoms with van der Waals surface area (Å²) >= 11 is 0. The molecule has 0 spiro atoms. The first-order valence-electron chi connectivity index (χ1n) is 21.7. The van der Waals surface area contributed by atoms with Crippen molar-refractivity contribution in [1.82, 2.24) is 29.9 Å². The summed E-state index contributed by atoms with van der Waals surface area (Å²) in [5.74, 6) is -8.35. The molecule has 2 N–H and O–H groups in total. The van der Waals surface area contributed by atoms with Crippen molar-refractivity contribution in [2.45, 2.75) is 70.6 Å². The van der Waals surface area contributed by atoms with E-state index in [0.717, 1.165) is 17.7 Å². The van der Waals surface area contributed by atoms with Crippen LogP contribution in [0.1, 0.15) is 88.9 Å². The molecule has 2 aromatic carbocycles. The van der Waals surface area contributed by atoms with Gasteiger partial charge in [0.05, 0.1) is 47.9 Å². The zero-order valence-corrected chi connectivity index (χ0v) is 36.2. The number of piperidine rings is 2. The maximum atomic E-state index is 15.9. The smallest absolute Gasteiger partial charge is 0.280 e. The lowest BCUT2D eigenvalue weighted by molar-refractivity contribution is -0.134. The van der Waals surface area contributed by atoms with E-state index in [1.165, 1.54) is 19.2 Å². The molecule has 8 rings (SSSR count). The summed E-state index contributed by atoms with van der Waals surface area (Å²) in [5.41, 5.74) is 3.55. The second-order valence-corrected chi connectivity index (χ2v) is 17.4. The summed E-state index contributed by atoms with van der Waals surface area (Å²) in [6, 6.07) is 10.6. The van der Waals surface area contributed by atoms with Gasteiger partial charge in [-0.15, -0.1) is 0 Å². The fourth-order valence-electron chi connectivity index (χ4n) is 9.12. The van der Waals surface area contributed by atoms with Gasteiger partial charge in [0, 0.05) is 61.9 Å². The topological polar surface area (TPSA) is 154 Å². The second kappa shape index (κ2) is 18.1. The first kappa shape index (κ1) is 44.4. The molecule has 2 atom stereocenters. The Bertz CT molecular complexity index is 2500. The van der Waals surface area contributed by atoms with Crippen molar-refractivity contribution in [1.29, 1.82) is 0 Å². The number of imide groups is 1. The molecule has 4 aromatic rings. The van der Waals surface area contributed by atoms with Crippen LogP contribution in [-0.2, 0) is 23.1 Å². The van der Waals surface area contributed by atoms with Crippen molar-refractivity contribution in [2.75, 3.05) is 56.6 Å². The van der Waals surface area contributed by atoms with Crippen LogP contribution in [0.4, 0.5) is 28.9 Å². The molecule has 4 aliphatic rings. The molecule has 18 heteroatoms. The van der Waals surface area contributed by atoms with Crippen molar-refractivity contribution in [2.24, 2.45) is 23.9 Å². The number of guanidine groups is 1. The lowest BCUT2D eigenvalue weighted by Crippen LogP contribution is -2.47. The number of carbonyl (C=O) groups excluding carboxylic acids is 4. The molecular weight excluding hydrogens is 835 g/mol. The van der Waals surface area contributed by atoms with Crippen LogP contribution < -0.4 is 20.3 Å². The van der Waals surface area contributed by atoms with Crippen molar-refractivity contribution >= 4 is 41.0 Å². The number of pyridine rings is 1. The van der Waals surface area contributed by atoms with Gasteiger partial charge in [-0.1, -0.05) is 6.92 Å². The predicted octanol–water partition coefficient (Wildman–Crippen LogP) is 6.49. The van der Waals surface area contributed by atoms with E-state index in [9.17, 15) is 19.2 Å². The number of fused-ring (bicyclic) bond motifs is 7. The molecule has 6 heterocycles. The van der Waals surface area contributed by atoms with E-state index in [0.29, 0.717) is 78.1 Å². The Morgan fingerprint density at radius 2 is 1.75 bits per heavy atom. The summed E-state index contributed by atoms with van der Waals surface area (Å²) in [6.45, 7) is 5.02. The Labute approximate surface area is 368 Å². The maximum Gasteiger partial charge on any atom is 0.280 e. The third-order valence-electron chi connectivity index (χ3n) is 12.6. The Morgan fingerprint density at radius 3 is 2.48 bits per heavy atom. The average Bonchev–Trinajstić information content (AvgIpc) is 3.79. The number of ether oxygens (including phenoxy) is 1.